The summed E-state index contributed by atoms with van der Waals surface area (Å²) in [6, 6.07) is 7.93. The summed E-state index contributed by atoms with van der Waals surface area (Å²) in [5, 5.41) is 9.03. The van der Waals surface area contributed by atoms with Crippen LogP contribution < -0.4 is 10.9 Å². The van der Waals surface area contributed by atoms with Crippen molar-refractivity contribution in [2.24, 2.45) is 5.92 Å². The molecule has 130 valence electrons. The molecule has 4 rings (SSSR count). The highest BCUT2D eigenvalue weighted by molar-refractivity contribution is 6.06. The second kappa shape index (κ2) is 6.35. The first kappa shape index (κ1) is 15.9. The van der Waals surface area contributed by atoms with E-state index in [2.05, 4.69) is 22.3 Å². The number of hydrogen-bond donors (Lipinski definition) is 2. The van der Waals surface area contributed by atoms with Crippen molar-refractivity contribution in [2.45, 2.75) is 45.2 Å². The van der Waals surface area contributed by atoms with E-state index in [1.165, 1.54) is 11.1 Å². The molecule has 0 radical (unpaired) electrons. The predicted octanol–water partition coefficient (Wildman–Crippen LogP) is 2.57. The Morgan fingerprint density at radius 2 is 2.08 bits per heavy atom. The van der Waals surface area contributed by atoms with Crippen molar-refractivity contribution >= 4 is 27.7 Å². The molecule has 1 amide bonds. The lowest BCUT2D eigenvalue weighted by atomic mass is 9.86. The molecule has 0 bridgehead atoms. The van der Waals surface area contributed by atoms with Crippen LogP contribution in [0.25, 0.3) is 21.8 Å². The van der Waals surface area contributed by atoms with Gasteiger partial charge >= 0.3 is 0 Å². The summed E-state index contributed by atoms with van der Waals surface area (Å²) in [6.45, 7) is 2.12. The number of hydrogen-bond acceptors (Lipinski definition) is 3. The van der Waals surface area contributed by atoms with Gasteiger partial charge in [0.15, 0.2) is 0 Å². The van der Waals surface area contributed by atoms with Crippen molar-refractivity contribution in [3.05, 3.63) is 40.8 Å². The lowest BCUT2D eigenvalue weighted by molar-refractivity contribution is -0.123. The molecule has 0 unspecified atom stereocenters. The molecular weight excluding hydrogens is 316 g/mol. The summed E-state index contributed by atoms with van der Waals surface area (Å²) in [5.74, 6) is 0.336. The predicted molar refractivity (Wildman–Crippen MR) is 97.4 cm³/mol. The molecule has 0 spiro atoms. The molecule has 6 nitrogen and oxygen atoms in total. The zero-order valence-electron chi connectivity index (χ0n) is 14.3. The molecule has 2 aromatic heterocycles. The van der Waals surface area contributed by atoms with Gasteiger partial charge in [0.1, 0.15) is 12.1 Å². The van der Waals surface area contributed by atoms with Gasteiger partial charge in [-0.2, -0.15) is 5.10 Å². The first-order valence-corrected chi connectivity index (χ1v) is 8.89. The van der Waals surface area contributed by atoms with E-state index in [1.54, 1.807) is 6.20 Å². The van der Waals surface area contributed by atoms with Crippen LogP contribution in [0.1, 0.15) is 32.6 Å². The molecule has 3 aromatic rings. The average Bonchev–Trinajstić information content (AvgIpc) is 2.99. The van der Waals surface area contributed by atoms with Crippen molar-refractivity contribution in [2.75, 3.05) is 0 Å². The summed E-state index contributed by atoms with van der Waals surface area (Å²) < 4.78 is 1.24. The van der Waals surface area contributed by atoms with E-state index in [-0.39, 0.29) is 24.1 Å². The van der Waals surface area contributed by atoms with Gasteiger partial charge in [0.05, 0.1) is 6.20 Å². The number of nitrogens with one attached hydrogen (secondary N) is 2. The van der Waals surface area contributed by atoms with E-state index in [9.17, 15) is 9.59 Å². The zero-order chi connectivity index (χ0) is 17.4. The van der Waals surface area contributed by atoms with Gasteiger partial charge in [0.2, 0.25) is 5.91 Å². The van der Waals surface area contributed by atoms with E-state index >= 15 is 0 Å². The summed E-state index contributed by atoms with van der Waals surface area (Å²) in [5.41, 5.74) is 1.13. The van der Waals surface area contributed by atoms with Gasteiger partial charge in [-0.15, -0.1) is 0 Å². The third-order valence-corrected chi connectivity index (χ3v) is 5.27. The normalized spacial score (nSPS) is 20.8. The number of benzene rings is 1. The van der Waals surface area contributed by atoms with Crippen molar-refractivity contribution < 1.29 is 4.79 Å². The number of H-pyrrole nitrogens is 1. The fraction of sp³-hybridized carbons (Fsp3) is 0.421. The van der Waals surface area contributed by atoms with Crippen molar-refractivity contribution in [1.82, 2.24) is 20.1 Å². The van der Waals surface area contributed by atoms with Gasteiger partial charge in [-0.1, -0.05) is 38.0 Å². The van der Waals surface area contributed by atoms with Crippen LogP contribution in [0.15, 0.2) is 35.3 Å². The maximum absolute atomic E-state index is 12.7. The largest absolute Gasteiger partial charge is 0.351 e. The standard InChI is InChI=1S/C19H22N4O2/c1-12-6-2-4-8-15(12)21-17(24)11-23-19(25)18-14(10-20-23)13-7-3-5-9-16(13)22-18/h3,5,7,9-10,12,15,22H,2,4,6,8,11H2,1H3,(H,21,24)/t12-,15+/m0/s1. The molecule has 0 saturated heterocycles. The molecule has 1 aromatic carbocycles. The maximum Gasteiger partial charge on any atom is 0.291 e. The summed E-state index contributed by atoms with van der Waals surface area (Å²) in [6.07, 6.45) is 6.19. The van der Waals surface area contributed by atoms with Crippen molar-refractivity contribution in [3.8, 4) is 0 Å². The minimum absolute atomic E-state index is 0.0483. The highest BCUT2D eigenvalue weighted by atomic mass is 16.2. The van der Waals surface area contributed by atoms with E-state index in [1.807, 2.05) is 24.3 Å². The Kier molecular flexibility index (Phi) is 4.03. The molecule has 2 N–H and O–H groups in total. The molecule has 2 atom stereocenters. The molecule has 0 aliphatic heterocycles. The fourth-order valence-electron chi connectivity index (χ4n) is 3.81. The molecule has 25 heavy (non-hydrogen) atoms. The molecule has 1 aliphatic carbocycles. The minimum atomic E-state index is -0.263. The van der Waals surface area contributed by atoms with Crippen molar-refractivity contribution in [1.29, 1.82) is 0 Å². The number of amides is 1. The summed E-state index contributed by atoms with van der Waals surface area (Å²) >= 11 is 0. The van der Waals surface area contributed by atoms with Gasteiger partial charge in [-0.25, -0.2) is 4.68 Å². The number of fused-ring (bicyclic) bond motifs is 3. The highest BCUT2D eigenvalue weighted by Crippen LogP contribution is 2.24. The summed E-state index contributed by atoms with van der Waals surface area (Å²) in [7, 11) is 0. The number of rotatable bonds is 3. The van der Waals surface area contributed by atoms with E-state index in [4.69, 9.17) is 0 Å². The van der Waals surface area contributed by atoms with E-state index in [0.29, 0.717) is 11.4 Å². The molecular formula is C19H22N4O2. The quantitative estimate of drug-likeness (QED) is 0.770. The smallest absolute Gasteiger partial charge is 0.291 e. The fourth-order valence-corrected chi connectivity index (χ4v) is 3.81. The number of para-hydroxylation sites is 1. The van der Waals surface area contributed by atoms with Gasteiger partial charge < -0.3 is 10.3 Å². The lowest BCUT2D eigenvalue weighted by Crippen LogP contribution is -2.43. The van der Waals surface area contributed by atoms with Gasteiger partial charge in [0.25, 0.3) is 5.56 Å². The van der Waals surface area contributed by atoms with Gasteiger partial charge in [-0.3, -0.25) is 9.59 Å². The molecule has 2 heterocycles. The highest BCUT2D eigenvalue weighted by Gasteiger charge is 2.23. The third-order valence-electron chi connectivity index (χ3n) is 5.27. The van der Waals surface area contributed by atoms with Crippen LogP contribution in [0.3, 0.4) is 0 Å². The van der Waals surface area contributed by atoms with Crippen LogP contribution in [-0.2, 0) is 11.3 Å². The maximum atomic E-state index is 12.7. The number of nitrogens with zero attached hydrogens (tertiary/aromatic N) is 2. The molecule has 1 fully saturated rings. The van der Waals surface area contributed by atoms with Crippen LogP contribution in [0.5, 0.6) is 0 Å². The first-order chi connectivity index (χ1) is 12.1. The van der Waals surface area contributed by atoms with Crippen LogP contribution in [0, 0.1) is 5.92 Å². The average molecular weight is 338 g/mol. The number of carbonyl (C=O) groups is 1. The molecule has 1 saturated carbocycles. The van der Waals surface area contributed by atoms with Crippen LogP contribution in [0.2, 0.25) is 0 Å². The Morgan fingerprint density at radius 3 is 2.92 bits per heavy atom. The second-order valence-corrected chi connectivity index (χ2v) is 7.00. The van der Waals surface area contributed by atoms with E-state index in [0.717, 1.165) is 35.6 Å². The van der Waals surface area contributed by atoms with Crippen LogP contribution in [0.4, 0.5) is 0 Å². The Balaban J connectivity index is 1.59. The topological polar surface area (TPSA) is 79.8 Å². The number of carbonyl (C=O) groups excluding carboxylic acids is 1. The van der Waals surface area contributed by atoms with Crippen LogP contribution in [-0.4, -0.2) is 26.7 Å². The SMILES string of the molecule is C[C@H]1CCCC[C@H]1NC(=O)Cn1ncc2c([nH]c3ccccc32)c1=O. The number of aromatic amines is 1. The first-order valence-electron chi connectivity index (χ1n) is 8.89. The van der Waals surface area contributed by atoms with E-state index < -0.39 is 0 Å². The monoisotopic (exact) mass is 338 g/mol. The number of aromatic nitrogens is 3. The van der Waals surface area contributed by atoms with Crippen molar-refractivity contribution in [3.63, 3.8) is 0 Å². The Bertz CT molecular complexity index is 988. The van der Waals surface area contributed by atoms with Crippen LogP contribution >= 0.6 is 0 Å². The summed E-state index contributed by atoms with van der Waals surface area (Å²) in [4.78, 5) is 28.2. The zero-order valence-corrected chi connectivity index (χ0v) is 14.3. The Morgan fingerprint density at radius 1 is 1.28 bits per heavy atom. The lowest BCUT2D eigenvalue weighted by Gasteiger charge is -2.29. The molecule has 1 aliphatic rings. The van der Waals surface area contributed by atoms with Gasteiger partial charge in [-0.05, 0) is 24.8 Å². The third kappa shape index (κ3) is 2.92. The molecule has 6 heteroatoms. The second-order valence-electron chi connectivity index (χ2n) is 7.00. The van der Waals surface area contributed by atoms with Gasteiger partial charge in [0, 0.05) is 22.3 Å². The Hall–Kier alpha value is -2.63. The minimum Gasteiger partial charge on any atom is -0.351 e. The Labute approximate surface area is 145 Å².